The van der Waals surface area contributed by atoms with Crippen LogP contribution in [-0.4, -0.2) is 18.1 Å². The van der Waals surface area contributed by atoms with Gasteiger partial charge in [0.05, 0.1) is 0 Å². The molecule has 1 atom stereocenters. The number of hydrogen-bond acceptors (Lipinski definition) is 2. The van der Waals surface area contributed by atoms with E-state index in [4.69, 9.17) is 6.42 Å². The second-order valence-electron chi connectivity index (χ2n) is 3.48. The van der Waals surface area contributed by atoms with Crippen LogP contribution >= 0.6 is 0 Å². The Morgan fingerprint density at radius 1 is 1.60 bits per heavy atom. The van der Waals surface area contributed by atoms with Crippen molar-refractivity contribution in [3.05, 3.63) is 35.7 Å². The van der Waals surface area contributed by atoms with Gasteiger partial charge in [0, 0.05) is 24.0 Å². The first-order valence-corrected chi connectivity index (χ1v) is 5.01. The highest BCUT2D eigenvalue weighted by atomic mass is 14.8. The van der Waals surface area contributed by atoms with E-state index >= 15 is 0 Å². The third-order valence-electron chi connectivity index (χ3n) is 2.22. The van der Waals surface area contributed by atoms with Crippen LogP contribution in [-0.2, 0) is 0 Å². The normalized spacial score (nSPS) is 12.6. The van der Waals surface area contributed by atoms with E-state index in [2.05, 4.69) is 29.2 Å². The zero-order chi connectivity index (χ0) is 11.1. The highest BCUT2D eigenvalue weighted by Crippen LogP contribution is 2.04. The zero-order valence-electron chi connectivity index (χ0n) is 9.20. The van der Waals surface area contributed by atoms with Gasteiger partial charge in [-0.3, -0.25) is 4.98 Å². The average Bonchev–Trinajstić information content (AvgIpc) is 2.29. The van der Waals surface area contributed by atoms with Crippen molar-refractivity contribution in [1.82, 2.24) is 10.3 Å². The molecule has 0 saturated carbocycles. The van der Waals surface area contributed by atoms with Gasteiger partial charge in [0.2, 0.25) is 0 Å². The van der Waals surface area contributed by atoms with Gasteiger partial charge in [-0.1, -0.05) is 18.1 Å². The maximum Gasteiger partial charge on any atom is 0.0432 e. The highest BCUT2D eigenvalue weighted by molar-refractivity contribution is 5.50. The molecular formula is C13H16N2. The summed E-state index contributed by atoms with van der Waals surface area (Å²) in [6.45, 7) is 2.14. The minimum absolute atomic E-state index is 0.491. The molecule has 0 aliphatic carbocycles. The number of hydrogen-bond donors (Lipinski definition) is 1. The van der Waals surface area contributed by atoms with E-state index in [9.17, 15) is 0 Å². The summed E-state index contributed by atoms with van der Waals surface area (Å²) in [5.74, 6) is 2.57. The van der Waals surface area contributed by atoms with Crippen LogP contribution in [0.4, 0.5) is 0 Å². The standard InChI is InChI=1S/C13H16N2/c1-4-12-8-13(10-15-9-12)7-5-6-11(2)14-3/h1,5,7-11,14H,6H2,2-3H3. The van der Waals surface area contributed by atoms with E-state index in [-0.39, 0.29) is 0 Å². The smallest absolute Gasteiger partial charge is 0.0432 e. The molecule has 1 aromatic heterocycles. The maximum absolute atomic E-state index is 5.29. The molecule has 0 aliphatic heterocycles. The molecule has 78 valence electrons. The molecule has 0 amide bonds. The molecule has 0 saturated heterocycles. The summed E-state index contributed by atoms with van der Waals surface area (Å²) in [7, 11) is 1.96. The van der Waals surface area contributed by atoms with Crippen molar-refractivity contribution in [2.45, 2.75) is 19.4 Å². The number of terminal acetylenes is 1. The van der Waals surface area contributed by atoms with Gasteiger partial charge >= 0.3 is 0 Å². The first-order valence-electron chi connectivity index (χ1n) is 5.01. The molecule has 0 spiro atoms. The predicted molar refractivity (Wildman–Crippen MR) is 64.3 cm³/mol. The summed E-state index contributed by atoms with van der Waals surface area (Å²) >= 11 is 0. The molecule has 2 nitrogen and oxygen atoms in total. The van der Waals surface area contributed by atoms with Crippen molar-refractivity contribution < 1.29 is 0 Å². The van der Waals surface area contributed by atoms with Crippen LogP contribution in [0.5, 0.6) is 0 Å². The Balaban J connectivity index is 2.61. The van der Waals surface area contributed by atoms with Crippen molar-refractivity contribution in [2.24, 2.45) is 0 Å². The second kappa shape index (κ2) is 6.00. The number of nitrogens with one attached hydrogen (secondary N) is 1. The van der Waals surface area contributed by atoms with Crippen LogP contribution in [0.25, 0.3) is 6.08 Å². The van der Waals surface area contributed by atoms with Crippen LogP contribution < -0.4 is 5.32 Å². The molecule has 1 aromatic rings. The number of nitrogens with zero attached hydrogens (tertiary/aromatic N) is 1. The minimum Gasteiger partial charge on any atom is -0.317 e. The van der Waals surface area contributed by atoms with Crippen LogP contribution in [0.15, 0.2) is 24.5 Å². The summed E-state index contributed by atoms with van der Waals surface area (Å²) < 4.78 is 0. The Bertz CT molecular complexity index is 374. The molecule has 2 heteroatoms. The van der Waals surface area contributed by atoms with Gasteiger partial charge < -0.3 is 5.32 Å². The summed E-state index contributed by atoms with van der Waals surface area (Å²) in [4.78, 5) is 4.06. The lowest BCUT2D eigenvalue weighted by atomic mass is 10.1. The Labute approximate surface area is 91.4 Å². The average molecular weight is 200 g/mol. The third kappa shape index (κ3) is 3.97. The molecular weight excluding hydrogens is 184 g/mol. The van der Waals surface area contributed by atoms with E-state index in [1.807, 2.05) is 19.2 Å². The van der Waals surface area contributed by atoms with Gasteiger partial charge in [-0.2, -0.15) is 0 Å². The second-order valence-corrected chi connectivity index (χ2v) is 3.48. The highest BCUT2D eigenvalue weighted by Gasteiger charge is 1.93. The van der Waals surface area contributed by atoms with Crippen molar-refractivity contribution in [3.8, 4) is 12.3 Å². The molecule has 0 aromatic carbocycles. The van der Waals surface area contributed by atoms with E-state index in [1.165, 1.54) is 0 Å². The van der Waals surface area contributed by atoms with Crippen molar-refractivity contribution in [3.63, 3.8) is 0 Å². The lowest BCUT2D eigenvalue weighted by molar-refractivity contribution is 0.621. The van der Waals surface area contributed by atoms with Crippen molar-refractivity contribution in [1.29, 1.82) is 0 Å². The van der Waals surface area contributed by atoms with Crippen LogP contribution in [0, 0.1) is 12.3 Å². The van der Waals surface area contributed by atoms with Crippen LogP contribution in [0.3, 0.4) is 0 Å². The fourth-order valence-electron chi connectivity index (χ4n) is 1.15. The van der Waals surface area contributed by atoms with Gasteiger partial charge in [-0.15, -0.1) is 6.42 Å². The van der Waals surface area contributed by atoms with Crippen LogP contribution in [0.1, 0.15) is 24.5 Å². The Morgan fingerprint density at radius 2 is 2.40 bits per heavy atom. The number of rotatable bonds is 4. The lowest BCUT2D eigenvalue weighted by Gasteiger charge is -2.04. The van der Waals surface area contributed by atoms with Crippen LogP contribution in [0.2, 0.25) is 0 Å². The number of aromatic nitrogens is 1. The van der Waals surface area contributed by atoms with E-state index < -0.39 is 0 Å². The molecule has 0 fully saturated rings. The fourth-order valence-corrected chi connectivity index (χ4v) is 1.15. The summed E-state index contributed by atoms with van der Waals surface area (Å²) in [6.07, 6.45) is 14.0. The largest absolute Gasteiger partial charge is 0.317 e. The summed E-state index contributed by atoms with van der Waals surface area (Å²) in [5, 5.41) is 3.17. The summed E-state index contributed by atoms with van der Waals surface area (Å²) in [5.41, 5.74) is 1.87. The maximum atomic E-state index is 5.29. The zero-order valence-corrected chi connectivity index (χ0v) is 9.20. The monoisotopic (exact) mass is 200 g/mol. The molecule has 15 heavy (non-hydrogen) atoms. The molecule has 0 radical (unpaired) electrons. The van der Waals surface area contributed by atoms with Gasteiger partial charge in [-0.25, -0.2) is 0 Å². The van der Waals surface area contributed by atoms with E-state index in [0.29, 0.717) is 6.04 Å². The topological polar surface area (TPSA) is 24.9 Å². The van der Waals surface area contributed by atoms with Gasteiger partial charge in [0.1, 0.15) is 0 Å². The molecule has 1 unspecified atom stereocenters. The Morgan fingerprint density at radius 3 is 3.07 bits per heavy atom. The molecule has 0 bridgehead atoms. The quantitative estimate of drug-likeness (QED) is 0.753. The van der Waals surface area contributed by atoms with Crippen molar-refractivity contribution >= 4 is 6.08 Å². The molecule has 1 heterocycles. The molecule has 0 aliphatic rings. The van der Waals surface area contributed by atoms with E-state index in [0.717, 1.165) is 17.5 Å². The van der Waals surface area contributed by atoms with Gasteiger partial charge in [-0.05, 0) is 32.0 Å². The lowest BCUT2D eigenvalue weighted by Crippen LogP contribution is -2.19. The predicted octanol–water partition coefficient (Wildman–Crippen LogP) is 2.07. The minimum atomic E-state index is 0.491. The Kier molecular flexibility index (Phi) is 4.59. The number of pyridine rings is 1. The van der Waals surface area contributed by atoms with Gasteiger partial charge in [0.15, 0.2) is 0 Å². The van der Waals surface area contributed by atoms with Gasteiger partial charge in [0.25, 0.3) is 0 Å². The van der Waals surface area contributed by atoms with E-state index in [1.54, 1.807) is 12.4 Å². The fraction of sp³-hybridized carbons (Fsp3) is 0.308. The van der Waals surface area contributed by atoms with Crippen molar-refractivity contribution in [2.75, 3.05) is 7.05 Å². The SMILES string of the molecule is C#Cc1cncc(C=CCC(C)NC)c1. The third-order valence-corrected chi connectivity index (χ3v) is 2.22. The molecule has 1 rings (SSSR count). The first-order chi connectivity index (χ1) is 7.26. The molecule has 1 N–H and O–H groups in total. The Hall–Kier alpha value is -1.59. The first kappa shape index (κ1) is 11.5. The summed E-state index contributed by atoms with van der Waals surface area (Å²) in [6, 6.07) is 2.44.